The molecule has 1 aromatic carbocycles. The van der Waals surface area contributed by atoms with Gasteiger partial charge in [-0.2, -0.15) is 4.98 Å². The Hall–Kier alpha value is -1.50. The van der Waals surface area contributed by atoms with E-state index in [0.717, 1.165) is 13.1 Å². The van der Waals surface area contributed by atoms with E-state index in [1.54, 1.807) is 6.07 Å². The first-order chi connectivity index (χ1) is 10.1. The van der Waals surface area contributed by atoms with Crippen molar-refractivity contribution in [1.82, 2.24) is 15.0 Å². The highest BCUT2D eigenvalue weighted by Crippen LogP contribution is 2.29. The minimum atomic E-state index is -0.505. The molecule has 5 nitrogen and oxygen atoms in total. The van der Waals surface area contributed by atoms with Crippen LogP contribution in [0.3, 0.4) is 0 Å². The number of aromatic nitrogens is 2. The van der Waals surface area contributed by atoms with Gasteiger partial charge in [-0.25, -0.2) is 4.39 Å². The first-order valence-corrected chi connectivity index (χ1v) is 7.20. The van der Waals surface area contributed by atoms with Crippen LogP contribution in [0.5, 0.6) is 0 Å². The largest absolute Gasteiger partial charge is 0.334 e. The molecule has 1 heterocycles. The molecule has 0 aliphatic rings. The van der Waals surface area contributed by atoms with Crippen molar-refractivity contribution in [3.05, 3.63) is 34.9 Å². The van der Waals surface area contributed by atoms with Crippen molar-refractivity contribution in [1.29, 1.82) is 0 Å². The summed E-state index contributed by atoms with van der Waals surface area (Å²) in [5.74, 6) is -0.116. The fourth-order valence-corrected chi connectivity index (χ4v) is 2.27. The molecule has 114 valence electrons. The van der Waals surface area contributed by atoms with Crippen LogP contribution < -0.4 is 5.73 Å². The Balaban J connectivity index is 2.22. The molecule has 0 aliphatic carbocycles. The van der Waals surface area contributed by atoms with Gasteiger partial charge in [-0.3, -0.25) is 0 Å². The summed E-state index contributed by atoms with van der Waals surface area (Å²) in [6.07, 6.45) is 0. The maximum Gasteiger partial charge on any atom is 0.262 e. The number of nitrogens with zero attached hydrogens (tertiary/aromatic N) is 3. The van der Waals surface area contributed by atoms with E-state index >= 15 is 0 Å². The summed E-state index contributed by atoms with van der Waals surface area (Å²) < 4.78 is 18.9. The molecule has 0 fully saturated rings. The summed E-state index contributed by atoms with van der Waals surface area (Å²) in [5.41, 5.74) is 6.17. The van der Waals surface area contributed by atoms with Crippen LogP contribution in [0.4, 0.5) is 4.39 Å². The van der Waals surface area contributed by atoms with E-state index in [2.05, 4.69) is 28.9 Å². The number of benzene rings is 1. The molecular weight excluding hydrogens is 295 g/mol. The van der Waals surface area contributed by atoms with E-state index in [0.29, 0.717) is 12.4 Å². The molecule has 7 heteroatoms. The quantitative estimate of drug-likeness (QED) is 0.888. The van der Waals surface area contributed by atoms with Crippen LogP contribution in [0, 0.1) is 5.82 Å². The lowest BCUT2D eigenvalue weighted by molar-refractivity contribution is 0.278. The van der Waals surface area contributed by atoms with Crippen molar-refractivity contribution in [2.45, 2.75) is 19.9 Å². The number of nitrogens with two attached hydrogens (primary N) is 1. The standard InChI is InChI=1S/C14H18ClFN4O/c1-3-20(4-2)8-11(17)13-18-14(21-19-13)12-9(15)6-5-7-10(12)16/h5-7,11H,3-4,8,17H2,1-2H3. The van der Waals surface area contributed by atoms with Crippen molar-refractivity contribution in [2.75, 3.05) is 19.6 Å². The van der Waals surface area contributed by atoms with Crippen molar-refractivity contribution >= 4 is 11.6 Å². The van der Waals surface area contributed by atoms with Crippen molar-refractivity contribution in [2.24, 2.45) is 5.73 Å². The van der Waals surface area contributed by atoms with E-state index in [4.69, 9.17) is 21.9 Å². The van der Waals surface area contributed by atoms with Gasteiger partial charge in [0.1, 0.15) is 5.82 Å². The number of halogens is 2. The van der Waals surface area contributed by atoms with Gasteiger partial charge in [-0.1, -0.05) is 36.7 Å². The number of rotatable bonds is 6. The lowest BCUT2D eigenvalue weighted by Crippen LogP contribution is -2.32. The molecule has 2 aromatic rings. The SMILES string of the molecule is CCN(CC)CC(N)c1noc(-c2c(F)cccc2Cl)n1. The number of hydrogen-bond donors (Lipinski definition) is 1. The van der Waals surface area contributed by atoms with E-state index < -0.39 is 11.9 Å². The van der Waals surface area contributed by atoms with Crippen LogP contribution in [0.25, 0.3) is 11.5 Å². The predicted octanol–water partition coefficient (Wildman–Crippen LogP) is 2.87. The Labute approximate surface area is 127 Å². The molecule has 2 rings (SSSR count). The van der Waals surface area contributed by atoms with Crippen LogP contribution in [0.1, 0.15) is 25.7 Å². The van der Waals surface area contributed by atoms with Crippen LogP contribution >= 0.6 is 11.6 Å². The summed E-state index contributed by atoms with van der Waals surface area (Å²) in [5, 5.41) is 4.06. The molecule has 0 spiro atoms. The minimum Gasteiger partial charge on any atom is -0.334 e. The van der Waals surface area contributed by atoms with Gasteiger partial charge in [0.05, 0.1) is 16.6 Å². The molecule has 0 radical (unpaired) electrons. The first kappa shape index (κ1) is 15.9. The molecule has 21 heavy (non-hydrogen) atoms. The summed E-state index contributed by atoms with van der Waals surface area (Å²) in [4.78, 5) is 6.32. The summed E-state index contributed by atoms with van der Waals surface area (Å²) in [6.45, 7) is 6.48. The van der Waals surface area contributed by atoms with Gasteiger partial charge >= 0.3 is 0 Å². The van der Waals surface area contributed by atoms with Crippen LogP contribution in [0.2, 0.25) is 5.02 Å². The third kappa shape index (κ3) is 3.58. The van der Waals surface area contributed by atoms with E-state index in [9.17, 15) is 4.39 Å². The average molecular weight is 313 g/mol. The molecule has 2 N–H and O–H groups in total. The van der Waals surface area contributed by atoms with Gasteiger partial charge in [0.2, 0.25) is 0 Å². The van der Waals surface area contributed by atoms with E-state index in [1.165, 1.54) is 12.1 Å². The molecule has 1 unspecified atom stereocenters. The second-order valence-electron chi connectivity index (χ2n) is 4.65. The topological polar surface area (TPSA) is 68.2 Å². The van der Waals surface area contributed by atoms with Gasteiger partial charge in [0.25, 0.3) is 5.89 Å². The minimum absolute atomic E-state index is 0.0445. The van der Waals surface area contributed by atoms with Gasteiger partial charge in [-0.05, 0) is 25.2 Å². The van der Waals surface area contributed by atoms with E-state index in [1.807, 2.05) is 0 Å². The zero-order valence-electron chi connectivity index (χ0n) is 12.0. The first-order valence-electron chi connectivity index (χ1n) is 6.82. The Morgan fingerprint density at radius 1 is 1.38 bits per heavy atom. The second kappa shape index (κ2) is 6.98. The predicted molar refractivity (Wildman–Crippen MR) is 79.4 cm³/mol. The van der Waals surface area contributed by atoms with Crippen LogP contribution in [0.15, 0.2) is 22.7 Å². The smallest absolute Gasteiger partial charge is 0.262 e. The summed E-state index contributed by atoms with van der Waals surface area (Å²) >= 11 is 5.97. The average Bonchev–Trinajstić information content (AvgIpc) is 2.94. The molecule has 0 bridgehead atoms. The van der Waals surface area contributed by atoms with Crippen molar-refractivity contribution < 1.29 is 8.91 Å². The molecule has 0 saturated carbocycles. The zero-order chi connectivity index (χ0) is 15.4. The molecule has 0 aliphatic heterocycles. The Kier molecular flexibility index (Phi) is 5.27. The fraction of sp³-hybridized carbons (Fsp3) is 0.429. The summed E-state index contributed by atoms with van der Waals surface area (Å²) in [7, 11) is 0. The lowest BCUT2D eigenvalue weighted by atomic mass is 10.2. The third-order valence-electron chi connectivity index (χ3n) is 3.30. The van der Waals surface area contributed by atoms with Gasteiger partial charge in [0.15, 0.2) is 5.82 Å². The fourth-order valence-electron chi connectivity index (χ4n) is 2.03. The number of hydrogen-bond acceptors (Lipinski definition) is 5. The Bertz CT molecular complexity index is 580. The molecule has 0 saturated heterocycles. The van der Waals surface area contributed by atoms with E-state index in [-0.39, 0.29) is 16.5 Å². The third-order valence-corrected chi connectivity index (χ3v) is 3.61. The van der Waals surface area contributed by atoms with Crippen LogP contribution in [-0.4, -0.2) is 34.7 Å². The molecule has 0 amide bonds. The molecular formula is C14H18ClFN4O. The Morgan fingerprint density at radius 2 is 2.10 bits per heavy atom. The second-order valence-corrected chi connectivity index (χ2v) is 5.05. The normalized spacial score (nSPS) is 12.9. The highest BCUT2D eigenvalue weighted by Gasteiger charge is 2.20. The zero-order valence-corrected chi connectivity index (χ0v) is 12.8. The maximum absolute atomic E-state index is 13.8. The van der Waals surface area contributed by atoms with Gasteiger partial charge in [0, 0.05) is 6.54 Å². The monoisotopic (exact) mass is 312 g/mol. The van der Waals surface area contributed by atoms with Crippen molar-refractivity contribution in [3.8, 4) is 11.5 Å². The summed E-state index contributed by atoms with van der Waals surface area (Å²) in [6, 6.07) is 3.98. The number of likely N-dealkylation sites (N-methyl/N-ethyl adjacent to an activating group) is 1. The molecule has 1 atom stereocenters. The lowest BCUT2D eigenvalue weighted by Gasteiger charge is -2.20. The van der Waals surface area contributed by atoms with Gasteiger partial charge in [-0.15, -0.1) is 0 Å². The highest BCUT2D eigenvalue weighted by molar-refractivity contribution is 6.33. The molecule has 1 aromatic heterocycles. The highest BCUT2D eigenvalue weighted by atomic mass is 35.5. The van der Waals surface area contributed by atoms with Crippen molar-refractivity contribution in [3.63, 3.8) is 0 Å². The Morgan fingerprint density at radius 3 is 2.71 bits per heavy atom. The van der Waals surface area contributed by atoms with Gasteiger partial charge < -0.3 is 15.2 Å². The maximum atomic E-state index is 13.8. The van der Waals surface area contributed by atoms with Crippen LogP contribution in [-0.2, 0) is 0 Å².